The monoisotopic (exact) mass is 256 g/mol. The number of hydrogen-bond acceptors (Lipinski definition) is 4. The molecule has 5 heteroatoms. The SMILES string of the molecule is C=Nn1c(C)nnc1CC1=CC=C2OCCC2=CC1. The van der Waals surface area contributed by atoms with Crippen molar-refractivity contribution in [3.8, 4) is 0 Å². The van der Waals surface area contributed by atoms with Crippen molar-refractivity contribution in [2.24, 2.45) is 5.10 Å². The lowest BCUT2D eigenvalue weighted by Gasteiger charge is -2.03. The maximum absolute atomic E-state index is 5.57. The smallest absolute Gasteiger partial charge is 0.158 e. The first-order chi connectivity index (χ1) is 9.28. The fourth-order valence-electron chi connectivity index (χ4n) is 2.39. The summed E-state index contributed by atoms with van der Waals surface area (Å²) in [6.45, 7) is 6.22. The van der Waals surface area contributed by atoms with Gasteiger partial charge in [-0.15, -0.1) is 10.2 Å². The van der Waals surface area contributed by atoms with E-state index in [4.69, 9.17) is 4.74 Å². The van der Waals surface area contributed by atoms with Crippen molar-refractivity contribution in [3.05, 3.63) is 46.8 Å². The molecule has 1 saturated heterocycles. The third-order valence-corrected chi connectivity index (χ3v) is 3.41. The Morgan fingerprint density at radius 1 is 1.42 bits per heavy atom. The summed E-state index contributed by atoms with van der Waals surface area (Å²) in [6, 6.07) is 0. The molecule has 0 N–H and O–H groups in total. The van der Waals surface area contributed by atoms with Gasteiger partial charge in [0.2, 0.25) is 0 Å². The molecule has 2 aliphatic rings. The lowest BCUT2D eigenvalue weighted by Crippen LogP contribution is -2.01. The lowest BCUT2D eigenvalue weighted by molar-refractivity contribution is 0.266. The zero-order valence-electron chi connectivity index (χ0n) is 11.0. The van der Waals surface area contributed by atoms with Crippen LogP contribution < -0.4 is 0 Å². The molecule has 98 valence electrons. The average Bonchev–Trinajstić information content (AvgIpc) is 2.95. The zero-order valence-corrected chi connectivity index (χ0v) is 11.0. The van der Waals surface area contributed by atoms with Crippen LogP contribution in [0, 0.1) is 6.92 Å². The Hall–Kier alpha value is -2.17. The molecule has 5 nitrogen and oxygen atoms in total. The molecule has 0 amide bonds. The normalized spacial score (nSPS) is 17.8. The minimum Gasteiger partial charge on any atom is -0.493 e. The molecule has 0 saturated carbocycles. The number of ether oxygens (including phenoxy) is 1. The summed E-state index contributed by atoms with van der Waals surface area (Å²) >= 11 is 0. The first kappa shape index (κ1) is 11.9. The highest BCUT2D eigenvalue weighted by atomic mass is 16.5. The van der Waals surface area contributed by atoms with E-state index >= 15 is 0 Å². The Balaban J connectivity index is 1.83. The minimum atomic E-state index is 0.730. The van der Waals surface area contributed by atoms with E-state index in [-0.39, 0.29) is 0 Å². The highest BCUT2D eigenvalue weighted by Crippen LogP contribution is 2.28. The molecular formula is C14H16N4O. The van der Waals surface area contributed by atoms with Crippen LogP contribution in [-0.2, 0) is 11.2 Å². The van der Waals surface area contributed by atoms with Gasteiger partial charge in [-0.05, 0) is 25.0 Å². The summed E-state index contributed by atoms with van der Waals surface area (Å²) in [5.41, 5.74) is 2.58. The molecular weight excluding hydrogens is 240 g/mol. The van der Waals surface area contributed by atoms with Gasteiger partial charge in [0.1, 0.15) is 5.76 Å². The van der Waals surface area contributed by atoms with Gasteiger partial charge in [0.25, 0.3) is 0 Å². The molecule has 1 fully saturated rings. The maximum atomic E-state index is 5.57. The van der Waals surface area contributed by atoms with Crippen LogP contribution in [0.5, 0.6) is 0 Å². The third kappa shape index (κ3) is 2.23. The molecule has 0 radical (unpaired) electrons. The third-order valence-electron chi connectivity index (χ3n) is 3.41. The Morgan fingerprint density at radius 2 is 2.32 bits per heavy atom. The summed E-state index contributed by atoms with van der Waals surface area (Å²) in [5, 5.41) is 12.1. The number of aryl methyl sites for hydroxylation is 1. The summed E-state index contributed by atoms with van der Waals surface area (Å²) in [4.78, 5) is 0. The molecule has 1 aliphatic carbocycles. The van der Waals surface area contributed by atoms with E-state index in [1.54, 1.807) is 4.68 Å². The fraction of sp³-hybridized carbons (Fsp3) is 0.357. The molecule has 0 spiro atoms. The summed E-state index contributed by atoms with van der Waals surface area (Å²) in [6.07, 6.45) is 9.07. The van der Waals surface area contributed by atoms with Crippen molar-refractivity contribution >= 4 is 6.72 Å². The molecule has 1 aromatic rings. The van der Waals surface area contributed by atoms with E-state index in [1.807, 2.05) is 6.92 Å². The van der Waals surface area contributed by atoms with Crippen molar-refractivity contribution in [2.45, 2.75) is 26.2 Å². The van der Waals surface area contributed by atoms with Crippen molar-refractivity contribution < 1.29 is 4.74 Å². The highest BCUT2D eigenvalue weighted by Gasteiger charge is 2.17. The Kier molecular flexibility index (Phi) is 3.03. The summed E-state index contributed by atoms with van der Waals surface area (Å²) < 4.78 is 7.25. The van der Waals surface area contributed by atoms with Gasteiger partial charge in [-0.1, -0.05) is 17.7 Å². The molecule has 1 aliphatic heterocycles. The van der Waals surface area contributed by atoms with Crippen LogP contribution >= 0.6 is 0 Å². The van der Waals surface area contributed by atoms with Gasteiger partial charge in [0, 0.05) is 19.6 Å². The maximum Gasteiger partial charge on any atom is 0.158 e. The van der Waals surface area contributed by atoms with Gasteiger partial charge in [-0.3, -0.25) is 0 Å². The van der Waals surface area contributed by atoms with Crippen LogP contribution in [0.2, 0.25) is 0 Å². The van der Waals surface area contributed by atoms with Gasteiger partial charge in [-0.25, -0.2) is 4.68 Å². The van der Waals surface area contributed by atoms with Gasteiger partial charge >= 0.3 is 0 Å². The Bertz CT molecular complexity index is 607. The molecule has 3 rings (SSSR count). The zero-order chi connectivity index (χ0) is 13.2. The number of rotatable bonds is 3. The molecule has 0 atom stereocenters. The van der Waals surface area contributed by atoms with Gasteiger partial charge in [0.15, 0.2) is 11.6 Å². The number of hydrogen-bond donors (Lipinski definition) is 0. The van der Waals surface area contributed by atoms with Gasteiger partial charge in [0.05, 0.1) is 6.61 Å². The second kappa shape index (κ2) is 4.84. The molecule has 0 aromatic carbocycles. The Labute approximate surface area is 112 Å². The first-order valence-electron chi connectivity index (χ1n) is 6.38. The predicted octanol–water partition coefficient (Wildman–Crippen LogP) is 2.15. The second-order valence-corrected chi connectivity index (χ2v) is 4.68. The standard InChI is InChI=1S/C14H16N4O/c1-10-16-17-14(18(10)15-2)9-11-3-5-12-7-8-19-13(12)6-4-11/h4-6H,2-3,7-9H2,1H3. The van der Waals surface area contributed by atoms with E-state index in [0.29, 0.717) is 0 Å². The van der Waals surface area contributed by atoms with Crippen molar-refractivity contribution in [1.82, 2.24) is 14.9 Å². The second-order valence-electron chi connectivity index (χ2n) is 4.68. The van der Waals surface area contributed by atoms with Crippen LogP contribution in [0.15, 0.2) is 40.2 Å². The first-order valence-corrected chi connectivity index (χ1v) is 6.38. The van der Waals surface area contributed by atoms with Crippen molar-refractivity contribution in [3.63, 3.8) is 0 Å². The highest BCUT2D eigenvalue weighted by molar-refractivity contribution is 5.37. The molecule has 0 unspecified atom stereocenters. The number of allylic oxidation sites excluding steroid dienone is 5. The average molecular weight is 256 g/mol. The number of fused-ring (bicyclic) bond motifs is 1. The topological polar surface area (TPSA) is 52.3 Å². The Morgan fingerprint density at radius 3 is 3.16 bits per heavy atom. The van der Waals surface area contributed by atoms with E-state index in [0.717, 1.165) is 43.3 Å². The molecule has 1 aromatic heterocycles. The van der Waals surface area contributed by atoms with E-state index in [2.05, 4.69) is 40.2 Å². The van der Waals surface area contributed by atoms with E-state index < -0.39 is 0 Å². The lowest BCUT2D eigenvalue weighted by atomic mass is 10.1. The number of nitrogens with zero attached hydrogens (tertiary/aromatic N) is 4. The molecule has 19 heavy (non-hydrogen) atoms. The van der Waals surface area contributed by atoms with Crippen molar-refractivity contribution in [1.29, 1.82) is 0 Å². The predicted molar refractivity (Wildman–Crippen MR) is 72.8 cm³/mol. The van der Waals surface area contributed by atoms with Crippen LogP contribution in [-0.4, -0.2) is 28.2 Å². The van der Waals surface area contributed by atoms with Crippen LogP contribution in [0.1, 0.15) is 24.5 Å². The van der Waals surface area contributed by atoms with E-state index in [9.17, 15) is 0 Å². The van der Waals surface area contributed by atoms with Crippen LogP contribution in [0.4, 0.5) is 0 Å². The summed E-state index contributed by atoms with van der Waals surface area (Å²) in [5.74, 6) is 2.59. The van der Waals surface area contributed by atoms with Gasteiger partial charge < -0.3 is 4.74 Å². The van der Waals surface area contributed by atoms with Crippen molar-refractivity contribution in [2.75, 3.05) is 6.61 Å². The van der Waals surface area contributed by atoms with Crippen LogP contribution in [0.25, 0.3) is 0 Å². The summed E-state index contributed by atoms with van der Waals surface area (Å²) in [7, 11) is 0. The largest absolute Gasteiger partial charge is 0.493 e. The molecule has 0 bridgehead atoms. The van der Waals surface area contributed by atoms with Crippen LogP contribution in [0.3, 0.4) is 0 Å². The van der Waals surface area contributed by atoms with Gasteiger partial charge in [-0.2, -0.15) is 5.10 Å². The minimum absolute atomic E-state index is 0.730. The number of aromatic nitrogens is 3. The quantitative estimate of drug-likeness (QED) is 0.779. The molecule has 2 heterocycles. The van der Waals surface area contributed by atoms with E-state index in [1.165, 1.54) is 11.1 Å². The fourth-order valence-corrected chi connectivity index (χ4v) is 2.39.